The van der Waals surface area contributed by atoms with Crippen LogP contribution >= 0.6 is 0 Å². The van der Waals surface area contributed by atoms with Crippen LogP contribution in [0.25, 0.3) is 11.2 Å². The first-order chi connectivity index (χ1) is 13.0. The highest BCUT2D eigenvalue weighted by molar-refractivity contribution is 5.70. The number of nitrogens with zero attached hydrogens (tertiary/aromatic N) is 3. The van der Waals surface area contributed by atoms with Crippen molar-refractivity contribution in [2.24, 2.45) is 0 Å². The van der Waals surface area contributed by atoms with Gasteiger partial charge in [0.1, 0.15) is 6.10 Å². The maximum Gasteiger partial charge on any atom is 0.280 e. The molecule has 0 radical (unpaired) electrons. The molecule has 1 aliphatic rings. The van der Waals surface area contributed by atoms with E-state index in [4.69, 9.17) is 15.2 Å². The quantitative estimate of drug-likeness (QED) is 0.609. The lowest BCUT2D eigenvalue weighted by atomic mass is 10.0. The Kier molecular flexibility index (Phi) is 4.42. The molecule has 3 heterocycles. The van der Waals surface area contributed by atoms with E-state index in [0.717, 1.165) is 5.56 Å². The summed E-state index contributed by atoms with van der Waals surface area (Å²) in [5.74, 6) is -0.0179. The Morgan fingerprint density at radius 3 is 3.00 bits per heavy atom. The van der Waals surface area contributed by atoms with E-state index >= 15 is 0 Å². The van der Waals surface area contributed by atoms with Crippen molar-refractivity contribution in [1.29, 1.82) is 0 Å². The molecular weight excluding hydrogens is 350 g/mol. The van der Waals surface area contributed by atoms with Crippen molar-refractivity contribution >= 4 is 17.1 Å². The van der Waals surface area contributed by atoms with E-state index in [2.05, 4.69) is 15.0 Å². The number of nitrogen functional groups attached to an aromatic ring is 1. The van der Waals surface area contributed by atoms with Crippen LogP contribution in [-0.2, 0) is 16.1 Å². The summed E-state index contributed by atoms with van der Waals surface area (Å²) in [5, 5.41) is 10.5. The first kappa shape index (κ1) is 17.7. The number of nitrogens with one attached hydrogen (secondary N) is 1. The maximum atomic E-state index is 11.9. The minimum Gasteiger partial charge on any atom is -0.388 e. The number of rotatable bonds is 5. The fraction of sp³-hybridized carbons (Fsp3) is 0.389. The van der Waals surface area contributed by atoms with Crippen molar-refractivity contribution in [2.45, 2.75) is 37.9 Å². The number of fused-ring (bicyclic) bond motifs is 1. The Hall–Kier alpha value is -2.75. The van der Waals surface area contributed by atoms with E-state index in [1.165, 1.54) is 10.9 Å². The number of H-pyrrole nitrogens is 1. The van der Waals surface area contributed by atoms with Crippen molar-refractivity contribution in [2.75, 3.05) is 12.3 Å². The van der Waals surface area contributed by atoms with Crippen LogP contribution in [0.4, 0.5) is 5.95 Å². The zero-order valence-corrected chi connectivity index (χ0v) is 14.8. The average Bonchev–Trinajstić information content (AvgIpc) is 3.16. The number of anilines is 1. The van der Waals surface area contributed by atoms with E-state index in [0.29, 0.717) is 19.6 Å². The van der Waals surface area contributed by atoms with E-state index in [1.54, 1.807) is 0 Å². The molecule has 1 fully saturated rings. The third-order valence-electron chi connectivity index (χ3n) is 4.62. The lowest BCUT2D eigenvalue weighted by molar-refractivity contribution is -0.113. The van der Waals surface area contributed by atoms with Gasteiger partial charge in [-0.05, 0) is 12.5 Å². The Bertz CT molecular complexity index is 1000. The van der Waals surface area contributed by atoms with Gasteiger partial charge in [-0.1, -0.05) is 30.3 Å². The minimum absolute atomic E-state index is 0.0179. The van der Waals surface area contributed by atoms with E-state index < -0.39 is 23.5 Å². The highest BCUT2D eigenvalue weighted by atomic mass is 16.6. The van der Waals surface area contributed by atoms with Gasteiger partial charge in [0.25, 0.3) is 5.56 Å². The number of aliphatic hydroxyl groups excluding tert-OH is 1. The third kappa shape index (κ3) is 3.44. The molecule has 4 rings (SSSR count). The molecule has 1 aromatic carbocycles. The van der Waals surface area contributed by atoms with Crippen LogP contribution in [0.2, 0.25) is 0 Å². The van der Waals surface area contributed by atoms with Crippen LogP contribution < -0.4 is 11.3 Å². The number of aliphatic hydroxyl groups is 1. The maximum absolute atomic E-state index is 11.9. The van der Waals surface area contributed by atoms with Crippen molar-refractivity contribution < 1.29 is 14.6 Å². The number of hydrogen-bond donors (Lipinski definition) is 3. The summed E-state index contributed by atoms with van der Waals surface area (Å²) in [6.07, 6.45) is 0.283. The lowest BCUT2D eigenvalue weighted by Gasteiger charge is -2.24. The van der Waals surface area contributed by atoms with Crippen LogP contribution in [-0.4, -0.2) is 42.9 Å². The smallest absolute Gasteiger partial charge is 0.280 e. The summed E-state index contributed by atoms with van der Waals surface area (Å²) < 4.78 is 13.4. The molecule has 9 nitrogen and oxygen atoms in total. The van der Waals surface area contributed by atoms with Crippen molar-refractivity contribution in [3.63, 3.8) is 0 Å². The molecule has 0 amide bonds. The molecule has 142 valence electrons. The molecule has 9 heteroatoms. The number of benzene rings is 1. The van der Waals surface area contributed by atoms with Gasteiger partial charge in [-0.15, -0.1) is 0 Å². The monoisotopic (exact) mass is 371 g/mol. The summed E-state index contributed by atoms with van der Waals surface area (Å²) >= 11 is 0. The second-order valence-electron chi connectivity index (χ2n) is 6.98. The molecule has 0 bridgehead atoms. The predicted octanol–water partition coefficient (Wildman–Crippen LogP) is 0.957. The van der Waals surface area contributed by atoms with E-state index in [9.17, 15) is 9.90 Å². The highest BCUT2D eigenvalue weighted by Crippen LogP contribution is 2.37. The van der Waals surface area contributed by atoms with Gasteiger partial charge in [0.15, 0.2) is 17.4 Å². The number of ether oxygens (including phenoxy) is 2. The molecule has 2 unspecified atom stereocenters. The normalized spacial score (nSPS) is 25.3. The molecule has 1 saturated heterocycles. The summed E-state index contributed by atoms with van der Waals surface area (Å²) in [6, 6.07) is 9.84. The molecule has 3 atom stereocenters. The van der Waals surface area contributed by atoms with Gasteiger partial charge in [0.2, 0.25) is 5.95 Å². The topological polar surface area (TPSA) is 128 Å². The molecule has 0 saturated carbocycles. The van der Waals surface area contributed by atoms with Gasteiger partial charge < -0.3 is 20.3 Å². The standard InChI is InChI=1S/C18H21N5O4/c1-18(9-26-8-11-5-3-2-4-6-11)7-12(24)16(27-18)23-10-20-13-14(23)21-17(19)22-15(13)25/h2-6,10,12,16,24H,7-9H2,1H3,(H3,19,21,22,25)/t12?,16?,18-/m0/s1. The Labute approximate surface area is 154 Å². The molecule has 2 aromatic heterocycles. The van der Waals surface area contributed by atoms with Gasteiger partial charge >= 0.3 is 0 Å². The second-order valence-corrected chi connectivity index (χ2v) is 6.98. The third-order valence-corrected chi connectivity index (χ3v) is 4.62. The summed E-state index contributed by atoms with van der Waals surface area (Å²) in [5.41, 5.74) is 6.00. The molecule has 4 N–H and O–H groups in total. The van der Waals surface area contributed by atoms with Crippen LogP contribution in [0.5, 0.6) is 0 Å². The summed E-state index contributed by atoms with van der Waals surface area (Å²) in [4.78, 5) is 22.5. The Morgan fingerprint density at radius 1 is 1.44 bits per heavy atom. The predicted molar refractivity (Wildman–Crippen MR) is 97.8 cm³/mol. The lowest BCUT2D eigenvalue weighted by Crippen LogP contribution is -2.30. The number of imidazole rings is 1. The van der Waals surface area contributed by atoms with E-state index in [-0.39, 0.29) is 17.1 Å². The first-order valence-corrected chi connectivity index (χ1v) is 8.65. The van der Waals surface area contributed by atoms with Crippen LogP contribution in [0.15, 0.2) is 41.5 Å². The zero-order valence-electron chi connectivity index (χ0n) is 14.8. The molecule has 3 aromatic rings. The van der Waals surface area contributed by atoms with Crippen molar-refractivity contribution in [3.05, 3.63) is 52.6 Å². The van der Waals surface area contributed by atoms with Crippen molar-refractivity contribution in [3.8, 4) is 0 Å². The van der Waals surface area contributed by atoms with Gasteiger partial charge in [0, 0.05) is 6.42 Å². The summed E-state index contributed by atoms with van der Waals surface area (Å²) in [6.45, 7) is 2.66. The fourth-order valence-corrected chi connectivity index (χ4v) is 3.38. The zero-order chi connectivity index (χ0) is 19.0. The van der Waals surface area contributed by atoms with E-state index in [1.807, 2.05) is 37.3 Å². The van der Waals surface area contributed by atoms with Gasteiger partial charge in [-0.25, -0.2) is 4.98 Å². The average molecular weight is 371 g/mol. The number of hydrogen-bond acceptors (Lipinski definition) is 7. The molecule has 0 spiro atoms. The van der Waals surface area contributed by atoms with Crippen LogP contribution in [0, 0.1) is 0 Å². The minimum atomic E-state index is -0.796. The Balaban J connectivity index is 1.50. The second kappa shape index (κ2) is 6.76. The molecular formula is C18H21N5O4. The van der Waals surface area contributed by atoms with Gasteiger partial charge in [-0.2, -0.15) is 4.98 Å². The molecule has 0 aliphatic carbocycles. The fourth-order valence-electron chi connectivity index (χ4n) is 3.38. The molecule has 27 heavy (non-hydrogen) atoms. The number of aromatic amines is 1. The first-order valence-electron chi connectivity index (χ1n) is 8.65. The highest BCUT2D eigenvalue weighted by Gasteiger charge is 2.44. The largest absolute Gasteiger partial charge is 0.388 e. The Morgan fingerprint density at radius 2 is 2.22 bits per heavy atom. The van der Waals surface area contributed by atoms with Gasteiger partial charge in [-0.3, -0.25) is 14.3 Å². The number of nitrogens with two attached hydrogens (primary N) is 1. The van der Waals surface area contributed by atoms with Crippen molar-refractivity contribution in [1.82, 2.24) is 19.5 Å². The number of aromatic nitrogens is 4. The molecule has 1 aliphatic heterocycles. The van der Waals surface area contributed by atoms with Gasteiger partial charge in [0.05, 0.1) is 25.1 Å². The van der Waals surface area contributed by atoms with Crippen LogP contribution in [0.1, 0.15) is 25.1 Å². The van der Waals surface area contributed by atoms with Crippen LogP contribution in [0.3, 0.4) is 0 Å². The SMILES string of the molecule is C[C@@]1(COCc2ccccc2)CC(O)C(n2cnc3c(=O)[nH]c(N)nc32)O1. The summed E-state index contributed by atoms with van der Waals surface area (Å²) in [7, 11) is 0.